The van der Waals surface area contributed by atoms with Crippen LogP contribution in [0.4, 0.5) is 5.69 Å². The summed E-state index contributed by atoms with van der Waals surface area (Å²) >= 11 is 0. The van der Waals surface area contributed by atoms with E-state index in [-0.39, 0.29) is 19.1 Å². The number of hydrogen-bond donors (Lipinski definition) is 0. The van der Waals surface area contributed by atoms with E-state index in [1.54, 1.807) is 4.90 Å². The molecule has 0 saturated carbocycles. The summed E-state index contributed by atoms with van der Waals surface area (Å²) in [4.78, 5) is 18.3. The van der Waals surface area contributed by atoms with Crippen LogP contribution in [0.1, 0.15) is 11.5 Å². The fourth-order valence-electron chi connectivity index (χ4n) is 2.64. The third-order valence-corrected chi connectivity index (χ3v) is 3.85. The molecule has 1 aliphatic rings. The highest BCUT2D eigenvalue weighted by atomic mass is 16.5. The van der Waals surface area contributed by atoms with Crippen LogP contribution in [0.5, 0.6) is 5.75 Å². The number of nitrogens with zero attached hydrogens (tertiary/aromatic N) is 3. The van der Waals surface area contributed by atoms with Gasteiger partial charge < -0.3 is 9.26 Å². The topological polar surface area (TPSA) is 68.5 Å². The maximum atomic E-state index is 12.3. The summed E-state index contributed by atoms with van der Waals surface area (Å²) in [5.74, 6) is 1.45. The van der Waals surface area contributed by atoms with Gasteiger partial charge in [0.2, 0.25) is 11.7 Å². The van der Waals surface area contributed by atoms with Crippen molar-refractivity contribution in [2.45, 2.75) is 13.5 Å². The van der Waals surface area contributed by atoms with Crippen molar-refractivity contribution in [3.05, 3.63) is 60.0 Å². The molecule has 0 unspecified atom stereocenters. The van der Waals surface area contributed by atoms with Crippen LogP contribution in [0.15, 0.2) is 53.1 Å². The van der Waals surface area contributed by atoms with Gasteiger partial charge in [-0.15, -0.1) is 0 Å². The number of amides is 1. The highest BCUT2D eigenvalue weighted by Gasteiger charge is 2.27. The molecule has 2 aromatic carbocycles. The molecule has 2 heterocycles. The molecule has 120 valence electrons. The quantitative estimate of drug-likeness (QED) is 0.742. The van der Waals surface area contributed by atoms with Crippen LogP contribution < -0.4 is 9.64 Å². The largest absolute Gasteiger partial charge is 0.482 e. The first kappa shape index (κ1) is 14.4. The van der Waals surface area contributed by atoms with Crippen LogP contribution in [0.3, 0.4) is 0 Å². The number of carbonyl (C=O) groups is 1. The zero-order valence-corrected chi connectivity index (χ0v) is 13.1. The van der Waals surface area contributed by atoms with Crippen molar-refractivity contribution in [1.29, 1.82) is 0 Å². The Morgan fingerprint density at radius 3 is 2.83 bits per heavy atom. The number of fused-ring (bicyclic) bond motifs is 1. The first-order valence-corrected chi connectivity index (χ1v) is 7.62. The molecule has 24 heavy (non-hydrogen) atoms. The minimum atomic E-state index is -0.132. The average Bonchev–Trinajstić information content (AvgIpc) is 3.07. The molecular formula is C18H15N3O3. The van der Waals surface area contributed by atoms with Crippen LogP contribution in [-0.4, -0.2) is 22.7 Å². The summed E-state index contributed by atoms with van der Waals surface area (Å²) in [7, 11) is 0. The van der Waals surface area contributed by atoms with Gasteiger partial charge in [-0.2, -0.15) is 4.98 Å². The molecule has 6 nitrogen and oxygen atoms in total. The zero-order chi connectivity index (χ0) is 16.5. The first-order valence-electron chi connectivity index (χ1n) is 7.62. The lowest BCUT2D eigenvalue weighted by Crippen LogP contribution is -2.38. The van der Waals surface area contributed by atoms with Crippen LogP contribution in [-0.2, 0) is 11.3 Å². The van der Waals surface area contributed by atoms with Crippen LogP contribution in [0.2, 0.25) is 0 Å². The lowest BCUT2D eigenvalue weighted by atomic mass is 10.1. The molecule has 1 amide bonds. The van der Waals surface area contributed by atoms with Crippen molar-refractivity contribution >= 4 is 11.6 Å². The van der Waals surface area contributed by atoms with Crippen molar-refractivity contribution < 1.29 is 14.1 Å². The molecular weight excluding hydrogens is 306 g/mol. The Morgan fingerprint density at radius 2 is 2.00 bits per heavy atom. The van der Waals surface area contributed by atoms with E-state index in [1.165, 1.54) is 0 Å². The van der Waals surface area contributed by atoms with Gasteiger partial charge in [-0.3, -0.25) is 9.69 Å². The minimum Gasteiger partial charge on any atom is -0.482 e. The van der Waals surface area contributed by atoms with Gasteiger partial charge in [0.25, 0.3) is 5.91 Å². The molecule has 0 aliphatic carbocycles. The second-order valence-corrected chi connectivity index (χ2v) is 5.62. The van der Waals surface area contributed by atoms with E-state index < -0.39 is 0 Å². The molecule has 0 fully saturated rings. The summed E-state index contributed by atoms with van der Waals surface area (Å²) < 4.78 is 10.8. The smallest absolute Gasteiger partial charge is 0.265 e. The van der Waals surface area contributed by atoms with E-state index in [0.29, 0.717) is 17.5 Å². The molecule has 1 aromatic heterocycles. The number of aryl methyl sites for hydroxylation is 1. The molecule has 6 heteroatoms. The first-order chi connectivity index (χ1) is 11.7. The third-order valence-electron chi connectivity index (χ3n) is 3.85. The Bertz CT molecular complexity index is 890. The van der Waals surface area contributed by atoms with E-state index in [4.69, 9.17) is 9.26 Å². The van der Waals surface area contributed by atoms with Crippen molar-refractivity contribution in [3.8, 4) is 17.1 Å². The number of anilines is 1. The Balaban J connectivity index is 1.63. The second kappa shape index (κ2) is 5.81. The Morgan fingerprint density at radius 1 is 1.17 bits per heavy atom. The summed E-state index contributed by atoms with van der Waals surface area (Å²) in [6, 6.07) is 15.3. The normalized spacial score (nSPS) is 13.5. The molecule has 0 radical (unpaired) electrons. The second-order valence-electron chi connectivity index (χ2n) is 5.62. The predicted molar refractivity (Wildman–Crippen MR) is 87.6 cm³/mol. The Kier molecular flexibility index (Phi) is 3.49. The molecule has 0 spiro atoms. The number of ether oxygens (including phenoxy) is 1. The molecule has 0 bridgehead atoms. The van der Waals surface area contributed by atoms with Gasteiger partial charge in [0.1, 0.15) is 12.3 Å². The summed E-state index contributed by atoms with van der Waals surface area (Å²) in [5.41, 5.74) is 2.65. The summed E-state index contributed by atoms with van der Waals surface area (Å²) in [6.07, 6.45) is 0. The van der Waals surface area contributed by atoms with Crippen LogP contribution in [0, 0.1) is 6.92 Å². The van der Waals surface area contributed by atoms with Gasteiger partial charge in [0.15, 0.2) is 6.61 Å². The maximum Gasteiger partial charge on any atom is 0.265 e. The predicted octanol–water partition coefficient (Wildman–Crippen LogP) is 2.97. The molecule has 0 atom stereocenters. The molecule has 3 aromatic rings. The lowest BCUT2D eigenvalue weighted by Gasteiger charge is -2.28. The van der Waals surface area contributed by atoms with Gasteiger partial charge in [0, 0.05) is 5.56 Å². The van der Waals surface area contributed by atoms with Gasteiger partial charge in [-0.25, -0.2) is 0 Å². The molecule has 0 saturated heterocycles. The minimum absolute atomic E-state index is 0.00966. The Hall–Kier alpha value is -3.15. The maximum absolute atomic E-state index is 12.3. The fourth-order valence-corrected chi connectivity index (χ4v) is 2.64. The zero-order valence-electron chi connectivity index (χ0n) is 13.1. The fraction of sp³-hybridized carbons (Fsp3) is 0.167. The standard InChI is InChI=1S/C18H15N3O3/c1-12-7-8-15-14(9-12)21(17(22)11-23-15)10-16-19-18(20-24-16)13-5-3-2-4-6-13/h2-9H,10-11H2,1H3. The van der Waals surface area contributed by atoms with E-state index in [2.05, 4.69) is 10.1 Å². The highest BCUT2D eigenvalue weighted by Crippen LogP contribution is 2.33. The number of aromatic nitrogens is 2. The SMILES string of the molecule is Cc1ccc2c(c1)N(Cc1nc(-c3ccccc3)no1)C(=O)CO2. The average molecular weight is 321 g/mol. The number of carbonyl (C=O) groups excluding carboxylic acids is 1. The van der Waals surface area contributed by atoms with Gasteiger partial charge in [0.05, 0.1) is 5.69 Å². The van der Waals surface area contributed by atoms with Crippen molar-refractivity contribution in [3.63, 3.8) is 0 Å². The highest BCUT2D eigenvalue weighted by molar-refractivity contribution is 5.97. The Labute approximate surface area is 138 Å². The van der Waals surface area contributed by atoms with E-state index in [1.807, 2.05) is 55.5 Å². The van der Waals surface area contributed by atoms with Crippen LogP contribution in [0.25, 0.3) is 11.4 Å². The van der Waals surface area contributed by atoms with Gasteiger partial charge in [-0.05, 0) is 24.6 Å². The van der Waals surface area contributed by atoms with Gasteiger partial charge >= 0.3 is 0 Å². The van der Waals surface area contributed by atoms with E-state index in [9.17, 15) is 4.79 Å². The van der Waals surface area contributed by atoms with Crippen molar-refractivity contribution in [2.24, 2.45) is 0 Å². The number of rotatable bonds is 3. The third kappa shape index (κ3) is 2.62. The molecule has 0 N–H and O–H groups in total. The summed E-state index contributed by atoms with van der Waals surface area (Å²) in [6.45, 7) is 2.20. The monoisotopic (exact) mass is 321 g/mol. The van der Waals surface area contributed by atoms with E-state index >= 15 is 0 Å². The summed E-state index contributed by atoms with van der Waals surface area (Å²) in [5, 5.41) is 4.00. The van der Waals surface area contributed by atoms with Gasteiger partial charge in [-0.1, -0.05) is 41.6 Å². The van der Waals surface area contributed by atoms with Crippen molar-refractivity contribution in [2.75, 3.05) is 11.5 Å². The van der Waals surface area contributed by atoms with Crippen LogP contribution >= 0.6 is 0 Å². The molecule has 1 aliphatic heterocycles. The van der Waals surface area contributed by atoms with E-state index in [0.717, 1.165) is 16.8 Å². The number of benzene rings is 2. The van der Waals surface area contributed by atoms with Crippen molar-refractivity contribution in [1.82, 2.24) is 10.1 Å². The number of hydrogen-bond acceptors (Lipinski definition) is 5. The molecule has 4 rings (SSSR count). The lowest BCUT2D eigenvalue weighted by molar-refractivity contribution is -0.121.